The van der Waals surface area contributed by atoms with Gasteiger partial charge in [-0.25, -0.2) is 0 Å². The first-order valence-electron chi connectivity index (χ1n) is 11.7. The van der Waals surface area contributed by atoms with Crippen molar-refractivity contribution in [2.75, 3.05) is 31.1 Å². The lowest BCUT2D eigenvalue weighted by Crippen LogP contribution is -2.48. The topological polar surface area (TPSA) is 53.0 Å². The van der Waals surface area contributed by atoms with Crippen LogP contribution in [-0.4, -0.2) is 47.7 Å². The number of amides is 1. The van der Waals surface area contributed by atoms with Gasteiger partial charge in [0.15, 0.2) is 0 Å². The summed E-state index contributed by atoms with van der Waals surface area (Å²) in [6.07, 6.45) is 7.28. The first kappa shape index (κ1) is 21.2. The van der Waals surface area contributed by atoms with Gasteiger partial charge in [0.1, 0.15) is 11.4 Å². The molecule has 0 aromatic heterocycles. The van der Waals surface area contributed by atoms with Gasteiger partial charge in [0.2, 0.25) is 5.91 Å². The number of benzene rings is 2. The van der Waals surface area contributed by atoms with Gasteiger partial charge in [0, 0.05) is 56.7 Å². The molecule has 0 radical (unpaired) electrons. The van der Waals surface area contributed by atoms with Crippen LogP contribution in [0.4, 0.5) is 5.69 Å². The summed E-state index contributed by atoms with van der Waals surface area (Å²) < 4.78 is 6.50. The molecule has 1 spiro atoms. The van der Waals surface area contributed by atoms with Crippen LogP contribution in [0, 0.1) is 13.8 Å². The van der Waals surface area contributed by atoms with Gasteiger partial charge in [-0.3, -0.25) is 4.79 Å². The maximum atomic E-state index is 11.9. The number of anilines is 1. The molecule has 5 rings (SSSR count). The van der Waals surface area contributed by atoms with E-state index in [1.54, 1.807) is 0 Å². The predicted octanol–water partition coefficient (Wildman–Crippen LogP) is 4.40. The lowest BCUT2D eigenvalue weighted by Gasteiger charge is -2.42. The van der Waals surface area contributed by atoms with Gasteiger partial charge in [-0.2, -0.15) is 0 Å². The second-order valence-electron chi connectivity index (χ2n) is 9.53. The van der Waals surface area contributed by atoms with E-state index >= 15 is 0 Å². The number of hydrogen-bond donors (Lipinski definition) is 1. The first-order valence-corrected chi connectivity index (χ1v) is 11.7. The van der Waals surface area contributed by atoms with E-state index < -0.39 is 6.10 Å². The Hall–Kier alpha value is -2.63. The van der Waals surface area contributed by atoms with Crippen LogP contribution in [0.15, 0.2) is 42.5 Å². The Balaban J connectivity index is 1.18. The molecular weight excluding hydrogens is 400 g/mol. The van der Waals surface area contributed by atoms with Crippen LogP contribution >= 0.6 is 0 Å². The van der Waals surface area contributed by atoms with Crippen LogP contribution in [0.1, 0.15) is 54.0 Å². The van der Waals surface area contributed by atoms with Crippen molar-refractivity contribution in [2.45, 2.75) is 51.2 Å². The van der Waals surface area contributed by atoms with Gasteiger partial charge < -0.3 is 19.6 Å². The molecule has 5 nitrogen and oxygen atoms in total. The molecule has 5 heteroatoms. The van der Waals surface area contributed by atoms with E-state index in [2.05, 4.69) is 43.0 Å². The second kappa shape index (κ2) is 8.38. The number of β-amino-alcohol motifs (C(OH)–C–C–N with tert-alkyl or cyclic N) is 1. The number of carbonyl (C=O) groups is 1. The normalized spacial score (nSPS) is 21.0. The SMILES string of the molecule is Cc1cc2c(cc1C)OC1(C=C2)CCN(C[C@H](O)c2ccc(N3CCCC3=O)cc2)CC1. The summed E-state index contributed by atoms with van der Waals surface area (Å²) in [6, 6.07) is 12.2. The summed E-state index contributed by atoms with van der Waals surface area (Å²) in [6.45, 7) is 7.44. The van der Waals surface area contributed by atoms with E-state index in [0.29, 0.717) is 13.0 Å². The van der Waals surface area contributed by atoms with E-state index in [1.165, 1.54) is 11.1 Å². The molecule has 3 aliphatic heterocycles. The molecule has 1 amide bonds. The molecule has 3 aliphatic rings. The average Bonchev–Trinajstić information content (AvgIpc) is 3.22. The third-order valence-corrected chi connectivity index (χ3v) is 7.30. The summed E-state index contributed by atoms with van der Waals surface area (Å²) in [5, 5.41) is 10.8. The number of likely N-dealkylation sites (tertiary alicyclic amines) is 1. The van der Waals surface area contributed by atoms with Crippen LogP contribution in [-0.2, 0) is 4.79 Å². The van der Waals surface area contributed by atoms with Gasteiger partial charge in [-0.15, -0.1) is 0 Å². The Bertz CT molecular complexity index is 1040. The molecule has 32 heavy (non-hydrogen) atoms. The zero-order valence-corrected chi connectivity index (χ0v) is 19.0. The van der Waals surface area contributed by atoms with E-state index in [0.717, 1.165) is 61.5 Å². The number of aryl methyl sites for hydroxylation is 2. The van der Waals surface area contributed by atoms with Crippen molar-refractivity contribution in [3.63, 3.8) is 0 Å². The number of piperidine rings is 1. The minimum Gasteiger partial charge on any atom is -0.482 e. The zero-order valence-electron chi connectivity index (χ0n) is 19.0. The van der Waals surface area contributed by atoms with Crippen LogP contribution in [0.2, 0.25) is 0 Å². The highest BCUT2D eigenvalue weighted by molar-refractivity contribution is 5.95. The molecule has 2 fully saturated rings. The maximum absolute atomic E-state index is 11.9. The van der Waals surface area contributed by atoms with Crippen molar-refractivity contribution in [1.29, 1.82) is 0 Å². The molecule has 1 N–H and O–H groups in total. The number of ether oxygens (including phenoxy) is 1. The third kappa shape index (κ3) is 4.07. The predicted molar refractivity (Wildman–Crippen MR) is 127 cm³/mol. The Morgan fingerprint density at radius 1 is 1.06 bits per heavy atom. The summed E-state index contributed by atoms with van der Waals surface area (Å²) in [4.78, 5) is 16.1. The fourth-order valence-corrected chi connectivity index (χ4v) is 5.06. The Kier molecular flexibility index (Phi) is 5.56. The van der Waals surface area contributed by atoms with Crippen LogP contribution in [0.5, 0.6) is 5.75 Å². The molecule has 3 heterocycles. The smallest absolute Gasteiger partial charge is 0.227 e. The molecular formula is C27H32N2O3. The highest BCUT2D eigenvalue weighted by atomic mass is 16.5. The van der Waals surface area contributed by atoms with E-state index in [4.69, 9.17) is 4.74 Å². The average molecular weight is 433 g/mol. The molecule has 0 bridgehead atoms. The Morgan fingerprint density at radius 3 is 2.47 bits per heavy atom. The zero-order chi connectivity index (χ0) is 22.3. The summed E-state index contributed by atoms with van der Waals surface area (Å²) in [7, 11) is 0. The largest absolute Gasteiger partial charge is 0.482 e. The van der Waals surface area contributed by atoms with Crippen molar-refractivity contribution in [2.24, 2.45) is 0 Å². The second-order valence-corrected chi connectivity index (χ2v) is 9.53. The molecule has 168 valence electrons. The van der Waals surface area contributed by atoms with Crippen molar-refractivity contribution >= 4 is 17.7 Å². The fraction of sp³-hybridized carbons (Fsp3) is 0.444. The van der Waals surface area contributed by atoms with Gasteiger partial charge in [0.25, 0.3) is 0 Å². The monoisotopic (exact) mass is 432 g/mol. The van der Waals surface area contributed by atoms with E-state index in [9.17, 15) is 9.90 Å². The number of nitrogens with zero attached hydrogens (tertiary/aromatic N) is 2. The Labute approximate surface area is 190 Å². The molecule has 0 unspecified atom stereocenters. The quantitative estimate of drug-likeness (QED) is 0.778. The fourth-order valence-electron chi connectivity index (χ4n) is 5.06. The molecule has 1 atom stereocenters. The minimum atomic E-state index is -0.540. The van der Waals surface area contributed by atoms with Gasteiger partial charge in [-0.05, 0) is 67.3 Å². The highest BCUT2D eigenvalue weighted by Crippen LogP contribution is 2.38. The van der Waals surface area contributed by atoms with Crippen molar-refractivity contribution < 1.29 is 14.6 Å². The number of rotatable bonds is 4. The molecule has 2 saturated heterocycles. The number of aliphatic hydroxyl groups excluding tert-OH is 1. The first-order chi connectivity index (χ1) is 15.4. The van der Waals surface area contributed by atoms with Gasteiger partial charge >= 0.3 is 0 Å². The number of hydrogen-bond acceptors (Lipinski definition) is 4. The standard InChI is InChI=1S/C27H32N2O3/c1-19-16-22-9-10-27(32-25(22)17-20(19)2)11-14-28(15-12-27)18-24(30)21-5-7-23(8-6-21)29-13-3-4-26(29)31/h5-10,16-17,24,30H,3-4,11-15,18H2,1-2H3/t24-/m0/s1. The Morgan fingerprint density at radius 2 is 1.78 bits per heavy atom. The number of carbonyl (C=O) groups excluding carboxylic acids is 1. The molecule has 2 aromatic rings. The minimum absolute atomic E-state index is 0.187. The number of fused-ring (bicyclic) bond motifs is 1. The van der Waals surface area contributed by atoms with E-state index in [1.807, 2.05) is 29.2 Å². The van der Waals surface area contributed by atoms with Gasteiger partial charge in [-0.1, -0.05) is 18.2 Å². The molecule has 0 saturated carbocycles. The lowest BCUT2D eigenvalue weighted by molar-refractivity contribution is -0.117. The number of aliphatic hydroxyl groups is 1. The van der Waals surface area contributed by atoms with E-state index in [-0.39, 0.29) is 11.5 Å². The third-order valence-electron chi connectivity index (χ3n) is 7.30. The van der Waals surface area contributed by atoms with Gasteiger partial charge in [0.05, 0.1) is 6.10 Å². The van der Waals surface area contributed by atoms with Crippen molar-refractivity contribution in [3.05, 3.63) is 64.7 Å². The van der Waals surface area contributed by atoms with Crippen LogP contribution in [0.3, 0.4) is 0 Å². The molecule has 0 aliphatic carbocycles. The summed E-state index contributed by atoms with van der Waals surface area (Å²) in [5.41, 5.74) is 5.30. The highest BCUT2D eigenvalue weighted by Gasteiger charge is 2.37. The maximum Gasteiger partial charge on any atom is 0.227 e. The summed E-state index contributed by atoms with van der Waals surface area (Å²) in [5.74, 6) is 1.17. The summed E-state index contributed by atoms with van der Waals surface area (Å²) >= 11 is 0. The molecule has 2 aromatic carbocycles. The van der Waals surface area contributed by atoms with Crippen LogP contribution in [0.25, 0.3) is 6.08 Å². The van der Waals surface area contributed by atoms with Crippen molar-refractivity contribution in [3.8, 4) is 5.75 Å². The van der Waals surface area contributed by atoms with Crippen molar-refractivity contribution in [1.82, 2.24) is 4.90 Å². The van der Waals surface area contributed by atoms with Crippen LogP contribution < -0.4 is 9.64 Å². The lowest BCUT2D eigenvalue weighted by atomic mass is 9.87.